The summed E-state index contributed by atoms with van der Waals surface area (Å²) in [6, 6.07) is 7.73. The summed E-state index contributed by atoms with van der Waals surface area (Å²) in [6.45, 7) is 2.16. The number of pyridine rings is 2. The van der Waals surface area contributed by atoms with Crippen molar-refractivity contribution in [3.05, 3.63) is 52.6 Å². The van der Waals surface area contributed by atoms with Crippen LogP contribution in [0.2, 0.25) is 0 Å². The number of thiophene rings is 1. The van der Waals surface area contributed by atoms with E-state index in [1.165, 1.54) is 22.7 Å². The number of fused-ring (bicyclic) bond motifs is 1. The molecular formula is C20H19N5OS2. The number of hydrogen-bond acceptors (Lipinski definition) is 7. The maximum absolute atomic E-state index is 12.8. The number of aryl methyl sites for hydroxylation is 1. The summed E-state index contributed by atoms with van der Waals surface area (Å²) in [5.74, 6) is -0.261. The van der Waals surface area contributed by atoms with E-state index in [2.05, 4.69) is 27.2 Å². The van der Waals surface area contributed by atoms with Gasteiger partial charge >= 0.3 is 0 Å². The SMILES string of the molecule is CCCCc1ccc2c(N)c(C(=O)Nc3nc(-c4cccnc4)cs3)sc2n1. The maximum Gasteiger partial charge on any atom is 0.269 e. The first-order chi connectivity index (χ1) is 13.7. The molecule has 3 N–H and O–H groups in total. The van der Waals surface area contributed by atoms with Gasteiger partial charge in [0, 0.05) is 34.4 Å². The second-order valence-electron chi connectivity index (χ2n) is 6.34. The van der Waals surface area contributed by atoms with Gasteiger partial charge in [-0.15, -0.1) is 22.7 Å². The van der Waals surface area contributed by atoms with Gasteiger partial charge in [-0.2, -0.15) is 0 Å². The number of hydrogen-bond donors (Lipinski definition) is 2. The number of nitrogen functional groups attached to an aromatic ring is 1. The van der Waals surface area contributed by atoms with Crippen molar-refractivity contribution in [3.63, 3.8) is 0 Å². The third kappa shape index (κ3) is 3.74. The topological polar surface area (TPSA) is 93.8 Å². The lowest BCUT2D eigenvalue weighted by atomic mass is 10.1. The first-order valence-corrected chi connectivity index (χ1v) is 10.7. The smallest absolute Gasteiger partial charge is 0.269 e. The molecule has 0 unspecified atom stereocenters. The van der Waals surface area contributed by atoms with Gasteiger partial charge in [-0.25, -0.2) is 9.97 Å². The number of unbranched alkanes of at least 4 members (excludes halogenated alkanes) is 1. The Morgan fingerprint density at radius 2 is 2.14 bits per heavy atom. The maximum atomic E-state index is 12.8. The van der Waals surface area contributed by atoms with Crippen LogP contribution in [0.15, 0.2) is 42.0 Å². The van der Waals surface area contributed by atoms with E-state index in [4.69, 9.17) is 5.73 Å². The van der Waals surface area contributed by atoms with Crippen molar-refractivity contribution in [2.45, 2.75) is 26.2 Å². The molecule has 142 valence electrons. The van der Waals surface area contributed by atoms with Gasteiger partial charge in [0.1, 0.15) is 9.71 Å². The molecule has 4 rings (SSSR count). The molecule has 0 atom stereocenters. The summed E-state index contributed by atoms with van der Waals surface area (Å²) in [5, 5.41) is 6.09. The van der Waals surface area contributed by atoms with E-state index >= 15 is 0 Å². The zero-order chi connectivity index (χ0) is 19.5. The van der Waals surface area contributed by atoms with E-state index in [-0.39, 0.29) is 5.91 Å². The molecule has 0 aromatic carbocycles. The fourth-order valence-electron chi connectivity index (χ4n) is 2.83. The standard InChI is InChI=1S/C20H19N5OS2/c1-2-3-6-13-7-8-14-16(21)17(28-19(14)23-13)18(26)25-20-24-15(11-27-20)12-5-4-9-22-10-12/h4-5,7-11H,2-3,6,21H2,1H3,(H,24,25,26). The summed E-state index contributed by atoms with van der Waals surface area (Å²) in [7, 11) is 0. The molecule has 0 aliphatic rings. The van der Waals surface area contributed by atoms with Crippen LogP contribution in [-0.2, 0) is 6.42 Å². The second-order valence-corrected chi connectivity index (χ2v) is 8.19. The van der Waals surface area contributed by atoms with Crippen LogP contribution in [-0.4, -0.2) is 20.9 Å². The Balaban J connectivity index is 1.55. The highest BCUT2D eigenvalue weighted by molar-refractivity contribution is 7.21. The zero-order valence-corrected chi connectivity index (χ0v) is 16.9. The fourth-order valence-corrected chi connectivity index (χ4v) is 4.56. The van der Waals surface area contributed by atoms with Gasteiger partial charge in [0.2, 0.25) is 0 Å². The monoisotopic (exact) mass is 409 g/mol. The summed E-state index contributed by atoms with van der Waals surface area (Å²) >= 11 is 2.69. The van der Waals surface area contributed by atoms with Crippen LogP contribution >= 0.6 is 22.7 Å². The quantitative estimate of drug-likeness (QED) is 0.468. The van der Waals surface area contributed by atoms with Gasteiger partial charge < -0.3 is 5.73 Å². The van der Waals surface area contributed by atoms with Crippen molar-refractivity contribution < 1.29 is 4.79 Å². The lowest BCUT2D eigenvalue weighted by Crippen LogP contribution is -2.11. The zero-order valence-electron chi connectivity index (χ0n) is 15.3. The molecule has 4 aromatic heterocycles. The number of nitrogens with one attached hydrogen (secondary N) is 1. The van der Waals surface area contributed by atoms with Crippen LogP contribution in [0, 0.1) is 0 Å². The van der Waals surface area contributed by atoms with E-state index < -0.39 is 0 Å². The molecule has 0 saturated carbocycles. The highest BCUT2D eigenvalue weighted by Crippen LogP contribution is 2.34. The van der Waals surface area contributed by atoms with Crippen LogP contribution in [0.1, 0.15) is 35.1 Å². The van der Waals surface area contributed by atoms with Crippen LogP contribution in [0.4, 0.5) is 10.8 Å². The van der Waals surface area contributed by atoms with Crippen molar-refractivity contribution in [1.82, 2.24) is 15.0 Å². The summed E-state index contributed by atoms with van der Waals surface area (Å²) < 4.78 is 0. The van der Waals surface area contributed by atoms with Crippen LogP contribution in [0.25, 0.3) is 21.5 Å². The van der Waals surface area contributed by atoms with Crippen LogP contribution < -0.4 is 11.1 Å². The molecule has 6 nitrogen and oxygen atoms in total. The highest BCUT2D eigenvalue weighted by atomic mass is 32.1. The van der Waals surface area contributed by atoms with Gasteiger partial charge in [0.15, 0.2) is 5.13 Å². The summed E-state index contributed by atoms with van der Waals surface area (Å²) in [6.07, 6.45) is 6.60. The number of nitrogens with zero attached hydrogens (tertiary/aromatic N) is 3. The number of rotatable bonds is 6. The first kappa shape index (κ1) is 18.5. The number of carbonyl (C=O) groups excluding carboxylic acids is 1. The van der Waals surface area contributed by atoms with E-state index in [9.17, 15) is 4.79 Å². The number of nitrogens with two attached hydrogens (primary N) is 1. The number of anilines is 2. The minimum atomic E-state index is -0.261. The molecule has 4 heterocycles. The Hall–Kier alpha value is -2.84. The molecule has 4 aromatic rings. The lowest BCUT2D eigenvalue weighted by Gasteiger charge is -2.00. The minimum absolute atomic E-state index is 0.261. The van der Waals surface area contributed by atoms with Gasteiger partial charge in [0.25, 0.3) is 5.91 Å². The van der Waals surface area contributed by atoms with Crippen LogP contribution in [0.3, 0.4) is 0 Å². The van der Waals surface area contributed by atoms with Gasteiger partial charge in [0.05, 0.1) is 11.4 Å². The number of carbonyl (C=O) groups is 1. The largest absolute Gasteiger partial charge is 0.397 e. The highest BCUT2D eigenvalue weighted by Gasteiger charge is 2.19. The summed E-state index contributed by atoms with van der Waals surface area (Å²) in [5.41, 5.74) is 9.41. The van der Waals surface area contributed by atoms with Crippen molar-refractivity contribution in [1.29, 1.82) is 0 Å². The third-order valence-corrected chi connectivity index (χ3v) is 6.20. The normalized spacial score (nSPS) is 11.0. The third-order valence-electron chi connectivity index (χ3n) is 4.33. The molecule has 0 radical (unpaired) electrons. The Morgan fingerprint density at radius 1 is 1.25 bits per heavy atom. The average Bonchev–Trinajstić information content (AvgIpc) is 3.31. The number of amides is 1. The predicted octanol–water partition coefficient (Wildman–Crippen LogP) is 4.99. The second kappa shape index (κ2) is 8.04. The summed E-state index contributed by atoms with van der Waals surface area (Å²) in [4.78, 5) is 27.3. The molecule has 8 heteroatoms. The van der Waals surface area contributed by atoms with E-state index in [1.807, 2.05) is 29.6 Å². The average molecular weight is 410 g/mol. The molecule has 28 heavy (non-hydrogen) atoms. The van der Waals surface area contributed by atoms with E-state index in [0.29, 0.717) is 15.7 Å². The van der Waals surface area contributed by atoms with E-state index in [0.717, 1.165) is 46.4 Å². The molecule has 0 saturated heterocycles. The molecule has 0 bridgehead atoms. The van der Waals surface area contributed by atoms with Crippen molar-refractivity contribution in [2.75, 3.05) is 11.1 Å². The van der Waals surface area contributed by atoms with Crippen molar-refractivity contribution in [3.8, 4) is 11.3 Å². The Morgan fingerprint density at radius 3 is 2.93 bits per heavy atom. The Labute approximate surface area is 170 Å². The number of thiazole rings is 1. The van der Waals surface area contributed by atoms with Crippen LogP contribution in [0.5, 0.6) is 0 Å². The molecule has 0 spiro atoms. The first-order valence-electron chi connectivity index (χ1n) is 9.01. The molecular weight excluding hydrogens is 390 g/mol. The minimum Gasteiger partial charge on any atom is -0.397 e. The van der Waals surface area contributed by atoms with Gasteiger partial charge in [-0.1, -0.05) is 13.3 Å². The van der Waals surface area contributed by atoms with E-state index in [1.54, 1.807) is 12.4 Å². The number of aromatic nitrogens is 3. The van der Waals surface area contributed by atoms with Crippen molar-refractivity contribution in [2.24, 2.45) is 0 Å². The van der Waals surface area contributed by atoms with Gasteiger partial charge in [-0.3, -0.25) is 15.1 Å². The Bertz CT molecular complexity index is 1120. The molecule has 0 aliphatic heterocycles. The lowest BCUT2D eigenvalue weighted by molar-refractivity contribution is 0.103. The molecule has 0 aliphatic carbocycles. The van der Waals surface area contributed by atoms with Crippen molar-refractivity contribution >= 4 is 49.6 Å². The molecule has 1 amide bonds. The molecule has 0 fully saturated rings. The van der Waals surface area contributed by atoms with Gasteiger partial charge in [-0.05, 0) is 37.1 Å². The Kier molecular flexibility index (Phi) is 5.31. The fraction of sp³-hybridized carbons (Fsp3) is 0.200. The predicted molar refractivity (Wildman–Crippen MR) is 116 cm³/mol.